The van der Waals surface area contributed by atoms with Crippen molar-refractivity contribution in [3.05, 3.63) is 99.6 Å². The second-order valence-corrected chi connectivity index (χ2v) is 11.3. The lowest BCUT2D eigenvalue weighted by Crippen LogP contribution is -2.46. The van der Waals surface area contributed by atoms with Crippen molar-refractivity contribution in [2.75, 3.05) is 0 Å². The summed E-state index contributed by atoms with van der Waals surface area (Å²) in [6, 6.07) is 21.8. The highest BCUT2D eigenvalue weighted by Gasteiger charge is 2.50. The number of fused-ring (bicyclic) bond motifs is 1. The molecule has 0 radical (unpaired) electrons. The van der Waals surface area contributed by atoms with Gasteiger partial charge in [0.15, 0.2) is 10.2 Å². The largest absolute Gasteiger partial charge is 0.287 e. The van der Waals surface area contributed by atoms with Crippen LogP contribution in [0.5, 0.6) is 0 Å². The van der Waals surface area contributed by atoms with Crippen LogP contribution in [-0.2, 0) is 47.1 Å². The normalized spacial score (nSPS) is 13.9. The Bertz CT molecular complexity index is 1400. The molecule has 0 aliphatic heterocycles. The number of nitrogens with zero attached hydrogens (tertiary/aromatic N) is 1. The summed E-state index contributed by atoms with van der Waals surface area (Å²) in [6.07, 6.45) is 3.42. The van der Waals surface area contributed by atoms with Crippen molar-refractivity contribution in [1.82, 2.24) is 4.98 Å². The number of thiazole rings is 1. The van der Waals surface area contributed by atoms with E-state index in [-0.39, 0.29) is 10.2 Å². The minimum absolute atomic E-state index is 0.322. The molecule has 2 atom stereocenters. The van der Waals surface area contributed by atoms with Gasteiger partial charge in [-0.2, -0.15) is 0 Å². The lowest BCUT2D eigenvalue weighted by Gasteiger charge is -2.35. The third kappa shape index (κ3) is 5.43. The van der Waals surface area contributed by atoms with Gasteiger partial charge in [0, 0.05) is 0 Å². The zero-order chi connectivity index (χ0) is 26.6. The average molecular weight is 548 g/mol. The predicted molar refractivity (Wildman–Crippen MR) is 161 cm³/mol. The fourth-order valence-corrected chi connectivity index (χ4v) is 7.49. The third-order valence-corrected chi connectivity index (χ3v) is 9.24. The Labute approximate surface area is 234 Å². The van der Waals surface area contributed by atoms with Gasteiger partial charge in [0.1, 0.15) is 10.4 Å². The Hall–Kier alpha value is -2.41. The van der Waals surface area contributed by atoms with Crippen molar-refractivity contribution < 1.29 is 9.59 Å². The Morgan fingerprint density at radius 3 is 1.97 bits per heavy atom. The maximum absolute atomic E-state index is 13.7. The number of benzene rings is 3. The quantitative estimate of drug-likeness (QED) is 0.195. The van der Waals surface area contributed by atoms with Gasteiger partial charge in [0.05, 0.1) is 16.1 Å². The summed E-state index contributed by atoms with van der Waals surface area (Å²) in [5.74, 6) is -0.731. The molecule has 37 heavy (non-hydrogen) atoms. The van der Waals surface area contributed by atoms with E-state index in [0.29, 0.717) is 17.8 Å². The SMILES string of the molecule is CCc1cc2sc(C(Cc3ccccc3)(C(=O)S)C(Cc3ccccc3)C(=O)S)nc2c(CC)c1CC. The van der Waals surface area contributed by atoms with Crippen LogP contribution in [0.1, 0.15) is 53.6 Å². The van der Waals surface area contributed by atoms with Gasteiger partial charge in [-0.3, -0.25) is 9.59 Å². The minimum atomic E-state index is -1.26. The third-order valence-electron chi connectivity index (χ3n) is 7.35. The van der Waals surface area contributed by atoms with E-state index in [4.69, 9.17) is 4.98 Å². The predicted octanol–water partition coefficient (Wildman–Crippen LogP) is 7.24. The molecule has 6 heteroatoms. The lowest BCUT2D eigenvalue weighted by molar-refractivity contribution is -0.124. The van der Waals surface area contributed by atoms with Crippen molar-refractivity contribution in [1.29, 1.82) is 0 Å². The molecule has 3 nitrogen and oxygen atoms in total. The topological polar surface area (TPSA) is 47.0 Å². The summed E-state index contributed by atoms with van der Waals surface area (Å²) in [5, 5.41) is -0.0523. The average Bonchev–Trinajstić information content (AvgIpc) is 3.34. The van der Waals surface area contributed by atoms with E-state index in [1.807, 2.05) is 60.7 Å². The molecule has 0 fully saturated rings. The Morgan fingerprint density at radius 1 is 0.865 bits per heavy atom. The first-order valence-corrected chi connectivity index (χ1v) is 14.5. The number of thiol groups is 2. The highest BCUT2D eigenvalue weighted by molar-refractivity contribution is 7.97. The van der Waals surface area contributed by atoms with E-state index < -0.39 is 11.3 Å². The van der Waals surface area contributed by atoms with Crippen molar-refractivity contribution >= 4 is 57.0 Å². The van der Waals surface area contributed by atoms with E-state index in [1.54, 1.807) is 0 Å². The van der Waals surface area contributed by atoms with Crippen LogP contribution in [0.15, 0.2) is 66.7 Å². The van der Waals surface area contributed by atoms with E-state index in [1.165, 1.54) is 28.0 Å². The molecule has 2 unspecified atom stereocenters. The van der Waals surface area contributed by atoms with Gasteiger partial charge in [-0.15, -0.1) is 36.6 Å². The Balaban J connectivity index is 2.01. The molecule has 192 valence electrons. The summed E-state index contributed by atoms with van der Waals surface area (Å²) in [7, 11) is 0. The molecule has 4 aromatic rings. The summed E-state index contributed by atoms with van der Waals surface area (Å²) >= 11 is 10.3. The molecule has 0 saturated carbocycles. The molecule has 0 spiro atoms. The number of hydrogen-bond acceptors (Lipinski definition) is 4. The van der Waals surface area contributed by atoms with E-state index in [0.717, 1.165) is 40.6 Å². The summed E-state index contributed by atoms with van der Waals surface area (Å²) in [6.45, 7) is 6.51. The Morgan fingerprint density at radius 2 is 1.46 bits per heavy atom. The second-order valence-electron chi connectivity index (χ2n) is 9.44. The number of carbonyl (C=O) groups excluding carboxylic acids is 2. The monoisotopic (exact) mass is 547 g/mol. The van der Waals surface area contributed by atoms with Gasteiger partial charge in [0.2, 0.25) is 0 Å². The van der Waals surface area contributed by atoms with E-state index in [2.05, 4.69) is 52.1 Å². The molecule has 4 rings (SSSR count). The summed E-state index contributed by atoms with van der Waals surface area (Å²) < 4.78 is 1.05. The first kappa shape index (κ1) is 27.6. The van der Waals surface area contributed by atoms with Crippen LogP contribution >= 0.6 is 36.6 Å². The second kappa shape index (κ2) is 12.0. The molecule has 0 amide bonds. The fourth-order valence-electron chi connectivity index (χ4n) is 5.46. The zero-order valence-electron chi connectivity index (χ0n) is 21.5. The van der Waals surface area contributed by atoms with Crippen molar-refractivity contribution in [2.45, 2.75) is 58.3 Å². The van der Waals surface area contributed by atoms with Crippen molar-refractivity contribution in [2.24, 2.45) is 5.92 Å². The van der Waals surface area contributed by atoms with Gasteiger partial charge >= 0.3 is 0 Å². The highest BCUT2D eigenvalue weighted by atomic mass is 32.1. The molecule has 0 aliphatic carbocycles. The van der Waals surface area contributed by atoms with Gasteiger partial charge < -0.3 is 0 Å². The van der Waals surface area contributed by atoms with Crippen LogP contribution in [0.25, 0.3) is 10.2 Å². The number of rotatable bonds is 11. The summed E-state index contributed by atoms with van der Waals surface area (Å²) in [4.78, 5) is 32.2. The van der Waals surface area contributed by atoms with Crippen LogP contribution in [0.2, 0.25) is 0 Å². The fraction of sp³-hybridized carbons (Fsp3) is 0.323. The molecular formula is C31H33NO2S3. The van der Waals surface area contributed by atoms with Gasteiger partial charge in [-0.1, -0.05) is 81.4 Å². The van der Waals surface area contributed by atoms with Crippen LogP contribution in [0.4, 0.5) is 0 Å². The molecule has 3 aromatic carbocycles. The molecule has 1 heterocycles. The number of hydrogen-bond donors (Lipinski definition) is 2. The molecule has 0 aliphatic rings. The number of aryl methyl sites for hydroxylation is 2. The van der Waals surface area contributed by atoms with Crippen LogP contribution < -0.4 is 0 Å². The first-order valence-electron chi connectivity index (χ1n) is 12.8. The van der Waals surface area contributed by atoms with Gasteiger partial charge in [-0.05, 0) is 66.0 Å². The molecule has 0 N–H and O–H groups in total. The van der Waals surface area contributed by atoms with Gasteiger partial charge in [-0.25, -0.2) is 4.98 Å². The first-order chi connectivity index (χ1) is 17.8. The highest BCUT2D eigenvalue weighted by Crippen LogP contribution is 2.45. The van der Waals surface area contributed by atoms with Crippen LogP contribution in [0.3, 0.4) is 0 Å². The lowest BCUT2D eigenvalue weighted by atomic mass is 9.70. The van der Waals surface area contributed by atoms with Crippen LogP contribution in [-0.4, -0.2) is 15.2 Å². The standard InChI is InChI=1S/C31H33NO2S3/c1-4-22-18-26-27(24(6-3)23(22)5-2)32-29(37-26)31(30(34)36,19-21-15-11-8-12-16-21)25(28(33)35)17-20-13-9-7-10-14-20/h7-16,18,25H,4-6,17,19H2,1-3H3,(H,33,35)(H,34,36). The minimum Gasteiger partial charge on any atom is -0.287 e. The Kier molecular flexibility index (Phi) is 8.94. The van der Waals surface area contributed by atoms with Crippen molar-refractivity contribution in [3.63, 3.8) is 0 Å². The van der Waals surface area contributed by atoms with E-state index in [9.17, 15) is 9.59 Å². The van der Waals surface area contributed by atoms with Crippen molar-refractivity contribution in [3.8, 4) is 0 Å². The number of aromatic nitrogens is 1. The molecule has 0 saturated heterocycles. The molecule has 1 aromatic heterocycles. The maximum Gasteiger partial charge on any atom is 0.200 e. The molecule has 0 bridgehead atoms. The smallest absolute Gasteiger partial charge is 0.200 e. The zero-order valence-corrected chi connectivity index (χ0v) is 24.1. The maximum atomic E-state index is 13.7. The van der Waals surface area contributed by atoms with Gasteiger partial charge in [0.25, 0.3) is 0 Å². The van der Waals surface area contributed by atoms with Crippen LogP contribution in [0, 0.1) is 5.92 Å². The van der Waals surface area contributed by atoms with E-state index >= 15 is 0 Å². The molecular weight excluding hydrogens is 515 g/mol. The number of carbonyl (C=O) groups is 2. The summed E-state index contributed by atoms with van der Waals surface area (Å²) in [5.41, 5.74) is 5.50.